The molecular weight excluding hydrogens is 1020 g/mol. The molecule has 3 aliphatic heterocycles. The summed E-state index contributed by atoms with van der Waals surface area (Å²) in [5.74, 6) is 0. The van der Waals surface area contributed by atoms with E-state index in [9.17, 15) is 38.4 Å². The molecular formula is C77H71BN4S. The lowest BCUT2D eigenvalue weighted by Crippen LogP contribution is -2.61. The Kier molecular flexibility index (Phi) is 5.99. The van der Waals surface area contributed by atoms with Gasteiger partial charge in [-0.25, -0.2) is 0 Å². The van der Waals surface area contributed by atoms with Crippen LogP contribution in [-0.4, -0.2) is 11.3 Å². The predicted octanol–water partition coefficient (Wildman–Crippen LogP) is 20.2. The van der Waals surface area contributed by atoms with Crippen LogP contribution in [0.4, 0.5) is 51.2 Å². The van der Waals surface area contributed by atoms with Gasteiger partial charge in [0.05, 0.1) is 72.0 Å². The molecule has 15 rings (SSSR count). The molecule has 0 N–H and O–H groups in total. The van der Waals surface area contributed by atoms with E-state index >= 15 is 0 Å². The summed E-state index contributed by atoms with van der Waals surface area (Å²) in [6.07, 6.45) is 0. The zero-order valence-corrected chi connectivity index (χ0v) is 48.6. The standard InChI is InChI=1S/C77H71BN4S/c1-46-40-66-70-67(41-46)82-68-44-51(77(11,12)13)43-60-59-42-50(76(8,9)10)30-39-63(59)81(71(60)68)64-22-17-21-62(72(64)82)78(70)61-38-37-55(79(52-33-26-48(27-34-52)74(2,3)4)53-35-28-49(29-36-53)75(5,6)7)45-65(61)80(66)54-31-24-47(25-32-54)56-19-16-20-58-57-18-14-15-23-69(57)83-73(56)58/h14-45H,1-13H3/i14D,15D,16D,17D,18D,19D,20D,21D,22D,23D,24D,25D,26D,27D,28D,29D,30D,31D,32D,33D,34D,35D,36D,37D,38D,39D,40D,41D,42D,43D,44D,45D. The molecule has 0 spiro atoms. The number of anilines is 9. The molecule has 408 valence electrons. The molecule has 6 heteroatoms. The van der Waals surface area contributed by atoms with Crippen LogP contribution in [0.25, 0.3) is 58.8 Å². The van der Waals surface area contributed by atoms with Crippen molar-refractivity contribution in [1.29, 1.82) is 0 Å². The Morgan fingerprint density at radius 2 is 1.02 bits per heavy atom. The van der Waals surface area contributed by atoms with E-state index in [1.165, 1.54) is 16.4 Å². The number of nitrogens with zero attached hydrogens (tertiary/aromatic N) is 4. The largest absolute Gasteiger partial charge is 0.311 e. The molecule has 0 radical (unpaired) electrons. The highest BCUT2D eigenvalue weighted by atomic mass is 32.1. The lowest BCUT2D eigenvalue weighted by atomic mass is 9.33. The Labute approximate surface area is 539 Å². The highest BCUT2D eigenvalue weighted by Gasteiger charge is 2.47. The van der Waals surface area contributed by atoms with Gasteiger partial charge in [-0.3, -0.25) is 0 Å². The fourth-order valence-corrected chi connectivity index (χ4v) is 12.2. The Hall–Kier alpha value is -8.32. The first-order valence-corrected chi connectivity index (χ1v) is 28.0. The number of rotatable bonds is 5. The normalized spacial score (nSPS) is 19.2. The first-order chi connectivity index (χ1) is 53.0. The van der Waals surface area contributed by atoms with Crippen LogP contribution in [0.5, 0.6) is 0 Å². The lowest BCUT2D eigenvalue weighted by molar-refractivity contribution is 0.590. The van der Waals surface area contributed by atoms with Crippen LogP contribution in [-0.2, 0) is 21.7 Å². The average Bonchev–Trinajstić information content (AvgIpc) is 1.64. The van der Waals surface area contributed by atoms with Gasteiger partial charge in [-0.1, -0.05) is 180 Å². The summed E-state index contributed by atoms with van der Waals surface area (Å²) in [6, 6.07) is -25.1. The van der Waals surface area contributed by atoms with Gasteiger partial charge < -0.3 is 19.3 Å². The zero-order valence-electron chi connectivity index (χ0n) is 79.8. The monoisotopic (exact) mass is 1130 g/mol. The molecule has 2 aromatic heterocycles. The SMILES string of the molecule is [2H]c1c([2H])c2c3c(c1[2H])-n1c4c([2H])c([2H])c(C(C)(C)C)c([2H])c4c4c([2H])c(C(C)(C)C)c([2H])c(c41)N3c1c([2H])c(C)c([2H])c3c1B2c1c([2H])c([2H])c(N(c2c([2H])c([2H])c(C(C)(C)C)c([2H])c2[2H])c2c([2H])c([2H])c(C(C)(C)C)c([2H])c2[2H])c([2H])c1N3c1c([2H])c([2H])c(-c2c([2H])c([2H])c([2H])c3c2sc2c([2H])c([2H])c([2H])c([2H])c23)c([2H])c1[2H]. The number of hydrogen-bond acceptors (Lipinski definition) is 4. The summed E-state index contributed by atoms with van der Waals surface area (Å²) in [7, 11) is 0. The van der Waals surface area contributed by atoms with Crippen LogP contribution in [0.1, 0.15) is 155 Å². The quantitative estimate of drug-likeness (QED) is 0.160. The Balaban J connectivity index is 1.20. The second-order valence-electron chi connectivity index (χ2n) is 25.3. The topological polar surface area (TPSA) is 14.7 Å². The number of hydrogen-bond donors (Lipinski definition) is 0. The minimum atomic E-state index is -2.05. The van der Waals surface area contributed by atoms with Gasteiger partial charge in [0.25, 0.3) is 6.71 Å². The van der Waals surface area contributed by atoms with Crippen LogP contribution >= 0.6 is 11.3 Å². The molecule has 0 fully saturated rings. The van der Waals surface area contributed by atoms with Crippen molar-refractivity contribution in [3.05, 3.63) is 221 Å². The summed E-state index contributed by atoms with van der Waals surface area (Å²) in [4.78, 5) is 2.77. The molecule has 0 amide bonds. The number of aromatic nitrogens is 1. The van der Waals surface area contributed by atoms with Crippen LogP contribution in [0.2, 0.25) is 0 Å². The Morgan fingerprint density at radius 1 is 0.434 bits per heavy atom. The van der Waals surface area contributed by atoms with E-state index in [1.54, 1.807) is 83.1 Å². The smallest absolute Gasteiger partial charge is 0.252 e. The highest BCUT2D eigenvalue weighted by molar-refractivity contribution is 7.26. The summed E-state index contributed by atoms with van der Waals surface area (Å²) >= 11 is 0.624. The van der Waals surface area contributed by atoms with E-state index in [0.717, 1.165) is 4.90 Å². The van der Waals surface area contributed by atoms with E-state index in [0.29, 0.717) is 16.2 Å². The molecule has 0 unspecified atom stereocenters. The fraction of sp³-hybridized carbons (Fsp3) is 0.221. The van der Waals surface area contributed by atoms with E-state index in [-0.39, 0.29) is 110 Å². The number of benzene rings is 10. The molecule has 0 saturated heterocycles. The van der Waals surface area contributed by atoms with Crippen molar-refractivity contribution in [1.82, 2.24) is 4.57 Å². The molecule has 0 bridgehead atoms. The zero-order chi connectivity index (χ0) is 85.2. The van der Waals surface area contributed by atoms with Gasteiger partial charge >= 0.3 is 0 Å². The highest BCUT2D eigenvalue weighted by Crippen LogP contribution is 2.55. The van der Waals surface area contributed by atoms with Crippen molar-refractivity contribution in [2.24, 2.45) is 0 Å². The van der Waals surface area contributed by atoms with Gasteiger partial charge in [0, 0.05) is 70.8 Å². The molecule has 0 aliphatic carbocycles. The number of thiophene rings is 1. The average molecular weight is 1130 g/mol. The summed E-state index contributed by atoms with van der Waals surface area (Å²) in [5.41, 5.74) is -14.8. The maximum atomic E-state index is 11.3. The molecule has 4 nitrogen and oxygen atoms in total. The first kappa shape index (κ1) is 27.8. The predicted molar refractivity (Wildman–Crippen MR) is 361 cm³/mol. The molecule has 83 heavy (non-hydrogen) atoms. The molecule has 0 saturated carbocycles. The maximum Gasteiger partial charge on any atom is 0.252 e. The molecule has 10 aromatic carbocycles. The van der Waals surface area contributed by atoms with Gasteiger partial charge in [0.15, 0.2) is 0 Å². The first-order valence-electron chi connectivity index (χ1n) is 43.2. The van der Waals surface area contributed by atoms with Gasteiger partial charge in [-0.15, -0.1) is 11.3 Å². The summed E-state index contributed by atoms with van der Waals surface area (Å²) in [6.45, 7) is 19.3. The fourth-order valence-electron chi connectivity index (χ4n) is 11.1. The Morgan fingerprint density at radius 3 is 1.69 bits per heavy atom. The second kappa shape index (κ2) is 17.8. The van der Waals surface area contributed by atoms with Crippen LogP contribution < -0.4 is 31.1 Å². The van der Waals surface area contributed by atoms with Crippen LogP contribution in [0.3, 0.4) is 0 Å². The van der Waals surface area contributed by atoms with Crippen molar-refractivity contribution >= 4 is 128 Å². The minimum absolute atomic E-state index is 0.0210. The molecule has 3 aliphatic rings. The van der Waals surface area contributed by atoms with Crippen LogP contribution in [0, 0.1) is 6.92 Å². The van der Waals surface area contributed by atoms with Gasteiger partial charge in [0.2, 0.25) is 0 Å². The molecule has 0 atom stereocenters. The van der Waals surface area contributed by atoms with Gasteiger partial charge in [-0.05, 0) is 181 Å². The molecule has 12 aromatic rings. The summed E-state index contributed by atoms with van der Waals surface area (Å²) < 4.78 is 320. The second-order valence-corrected chi connectivity index (χ2v) is 26.4. The third-order valence-corrected chi connectivity index (χ3v) is 16.5. The van der Waals surface area contributed by atoms with Crippen molar-refractivity contribution in [3.8, 4) is 16.8 Å². The van der Waals surface area contributed by atoms with Crippen molar-refractivity contribution < 1.29 is 43.9 Å². The van der Waals surface area contributed by atoms with Crippen LogP contribution in [0.15, 0.2) is 193 Å². The minimum Gasteiger partial charge on any atom is -0.311 e. The third kappa shape index (κ3) is 7.92. The van der Waals surface area contributed by atoms with Crippen molar-refractivity contribution in [2.45, 2.75) is 112 Å². The molecule has 5 heterocycles. The van der Waals surface area contributed by atoms with E-state index in [4.69, 9.17) is 5.48 Å². The van der Waals surface area contributed by atoms with E-state index in [1.807, 2.05) is 0 Å². The maximum absolute atomic E-state index is 11.3. The number of para-hydroxylation sites is 1. The summed E-state index contributed by atoms with van der Waals surface area (Å²) in [5, 5.41) is -0.698. The lowest BCUT2D eigenvalue weighted by Gasteiger charge is -2.46. The Bertz CT molecular complexity index is 6490. The number of fused-ring (bicyclic) bond motifs is 12. The van der Waals surface area contributed by atoms with Gasteiger partial charge in [0.1, 0.15) is 0 Å². The third-order valence-electron chi connectivity index (χ3n) is 15.4. The van der Waals surface area contributed by atoms with E-state index < -0.39 is 266 Å². The van der Waals surface area contributed by atoms with E-state index in [2.05, 4.69) is 0 Å². The van der Waals surface area contributed by atoms with Crippen molar-refractivity contribution in [2.75, 3.05) is 14.7 Å². The van der Waals surface area contributed by atoms with Crippen molar-refractivity contribution in [3.63, 3.8) is 0 Å². The van der Waals surface area contributed by atoms with Gasteiger partial charge in [-0.2, -0.15) is 0 Å².